The summed E-state index contributed by atoms with van der Waals surface area (Å²) in [5.74, 6) is 0.769. The number of hydrogen-bond acceptors (Lipinski definition) is 2. The van der Waals surface area contributed by atoms with E-state index in [2.05, 4.69) is 26.1 Å². The Bertz CT molecular complexity index is 93.8. The largest absolute Gasteiger partial charge is 0.396 e. The number of unbranched alkanes of at least 4 members (excludes halogenated alkanes) is 1. The third kappa shape index (κ3) is 8.02. The SMILES string of the molecule is CC(C)CC(C)NCCCCO. The summed E-state index contributed by atoms with van der Waals surface area (Å²) in [5, 5.41) is 12.0. The smallest absolute Gasteiger partial charge is 0.0431 e. The van der Waals surface area contributed by atoms with Gasteiger partial charge in [-0.25, -0.2) is 0 Å². The van der Waals surface area contributed by atoms with E-state index in [4.69, 9.17) is 5.11 Å². The van der Waals surface area contributed by atoms with Gasteiger partial charge in [0.2, 0.25) is 0 Å². The standard InChI is InChI=1S/C10H23NO/c1-9(2)8-10(3)11-6-4-5-7-12/h9-12H,4-8H2,1-3H3. The van der Waals surface area contributed by atoms with Gasteiger partial charge in [-0.1, -0.05) is 13.8 Å². The van der Waals surface area contributed by atoms with Gasteiger partial charge in [-0.15, -0.1) is 0 Å². The zero-order valence-corrected chi connectivity index (χ0v) is 8.64. The second-order valence-corrected chi connectivity index (χ2v) is 3.92. The van der Waals surface area contributed by atoms with Crippen molar-refractivity contribution in [2.24, 2.45) is 5.92 Å². The quantitative estimate of drug-likeness (QED) is 0.575. The van der Waals surface area contributed by atoms with E-state index in [0.29, 0.717) is 12.6 Å². The van der Waals surface area contributed by atoms with Gasteiger partial charge >= 0.3 is 0 Å². The average Bonchev–Trinajstić information content (AvgIpc) is 1.97. The van der Waals surface area contributed by atoms with Gasteiger partial charge in [0.15, 0.2) is 0 Å². The fourth-order valence-corrected chi connectivity index (χ4v) is 1.38. The molecule has 2 nitrogen and oxygen atoms in total. The molecule has 2 N–H and O–H groups in total. The Morgan fingerprint density at radius 3 is 2.33 bits per heavy atom. The molecule has 0 aromatic rings. The van der Waals surface area contributed by atoms with Crippen LogP contribution in [0, 0.1) is 5.92 Å². The molecule has 0 aliphatic rings. The lowest BCUT2D eigenvalue weighted by molar-refractivity contribution is 0.282. The fourth-order valence-electron chi connectivity index (χ4n) is 1.38. The molecule has 0 heterocycles. The molecular formula is C10H23NO. The van der Waals surface area contributed by atoms with Crippen LogP contribution in [0.4, 0.5) is 0 Å². The molecule has 0 spiro atoms. The summed E-state index contributed by atoms with van der Waals surface area (Å²) in [5.41, 5.74) is 0. The predicted molar refractivity (Wildman–Crippen MR) is 53.2 cm³/mol. The summed E-state index contributed by atoms with van der Waals surface area (Å²) in [7, 11) is 0. The molecule has 0 aliphatic carbocycles. The highest BCUT2D eigenvalue weighted by Crippen LogP contribution is 2.03. The van der Waals surface area contributed by atoms with Crippen LogP contribution in [-0.4, -0.2) is 24.3 Å². The molecule has 0 aromatic heterocycles. The lowest BCUT2D eigenvalue weighted by Crippen LogP contribution is -2.28. The predicted octanol–water partition coefficient (Wildman–Crippen LogP) is 1.78. The Morgan fingerprint density at radius 1 is 1.17 bits per heavy atom. The van der Waals surface area contributed by atoms with Crippen LogP contribution in [0.25, 0.3) is 0 Å². The van der Waals surface area contributed by atoms with Gasteiger partial charge in [0.05, 0.1) is 0 Å². The van der Waals surface area contributed by atoms with Crippen LogP contribution in [0.15, 0.2) is 0 Å². The van der Waals surface area contributed by atoms with E-state index in [1.54, 1.807) is 0 Å². The molecule has 0 aromatic carbocycles. The third-order valence-electron chi connectivity index (χ3n) is 1.90. The minimum Gasteiger partial charge on any atom is -0.396 e. The van der Waals surface area contributed by atoms with Crippen molar-refractivity contribution in [2.45, 2.75) is 46.1 Å². The summed E-state index contributed by atoms with van der Waals surface area (Å²) >= 11 is 0. The van der Waals surface area contributed by atoms with Crippen LogP contribution >= 0.6 is 0 Å². The molecule has 0 bridgehead atoms. The van der Waals surface area contributed by atoms with Crippen LogP contribution in [0.2, 0.25) is 0 Å². The molecule has 1 atom stereocenters. The van der Waals surface area contributed by atoms with Crippen LogP contribution in [0.1, 0.15) is 40.0 Å². The number of aliphatic hydroxyl groups is 1. The molecule has 12 heavy (non-hydrogen) atoms. The Hall–Kier alpha value is -0.0800. The van der Waals surface area contributed by atoms with Crippen LogP contribution in [0.3, 0.4) is 0 Å². The highest BCUT2D eigenvalue weighted by atomic mass is 16.2. The summed E-state index contributed by atoms with van der Waals surface area (Å²) < 4.78 is 0. The van der Waals surface area contributed by atoms with Crippen molar-refractivity contribution < 1.29 is 5.11 Å². The highest BCUT2D eigenvalue weighted by Gasteiger charge is 2.02. The molecule has 0 saturated heterocycles. The zero-order chi connectivity index (χ0) is 9.40. The summed E-state index contributed by atoms with van der Waals surface area (Å²) in [6.07, 6.45) is 3.24. The van der Waals surface area contributed by atoms with Crippen LogP contribution < -0.4 is 5.32 Å². The first-order valence-electron chi connectivity index (χ1n) is 5.01. The van der Waals surface area contributed by atoms with Crippen LogP contribution in [-0.2, 0) is 0 Å². The Labute approximate surface area is 76.4 Å². The number of aliphatic hydroxyl groups excluding tert-OH is 1. The normalized spacial score (nSPS) is 13.8. The number of nitrogens with one attached hydrogen (secondary N) is 1. The fraction of sp³-hybridized carbons (Fsp3) is 1.00. The maximum absolute atomic E-state index is 8.55. The Balaban J connectivity index is 3.14. The van der Waals surface area contributed by atoms with E-state index >= 15 is 0 Å². The Kier molecular flexibility index (Phi) is 7.51. The second-order valence-electron chi connectivity index (χ2n) is 3.92. The first kappa shape index (κ1) is 11.9. The third-order valence-corrected chi connectivity index (χ3v) is 1.90. The van der Waals surface area contributed by atoms with Crippen molar-refractivity contribution >= 4 is 0 Å². The van der Waals surface area contributed by atoms with Gasteiger partial charge in [0.1, 0.15) is 0 Å². The van der Waals surface area contributed by atoms with Gasteiger partial charge in [-0.2, -0.15) is 0 Å². The van der Waals surface area contributed by atoms with Crippen molar-refractivity contribution in [1.29, 1.82) is 0 Å². The molecule has 2 heteroatoms. The summed E-state index contributed by atoms with van der Waals surface area (Å²) in [6.45, 7) is 8.06. The summed E-state index contributed by atoms with van der Waals surface area (Å²) in [6, 6.07) is 0.615. The van der Waals surface area contributed by atoms with E-state index in [0.717, 1.165) is 25.3 Å². The number of hydrogen-bond donors (Lipinski definition) is 2. The first-order valence-corrected chi connectivity index (χ1v) is 5.01. The first-order chi connectivity index (χ1) is 5.66. The molecule has 0 radical (unpaired) electrons. The Morgan fingerprint density at radius 2 is 1.83 bits per heavy atom. The van der Waals surface area contributed by atoms with Gasteiger partial charge in [0, 0.05) is 12.6 Å². The molecular weight excluding hydrogens is 150 g/mol. The highest BCUT2D eigenvalue weighted by molar-refractivity contribution is 4.62. The lowest BCUT2D eigenvalue weighted by atomic mass is 10.1. The minimum atomic E-state index is 0.320. The monoisotopic (exact) mass is 173 g/mol. The molecule has 0 fully saturated rings. The molecule has 0 saturated carbocycles. The van der Waals surface area contributed by atoms with Crippen molar-refractivity contribution in [3.8, 4) is 0 Å². The van der Waals surface area contributed by atoms with Gasteiger partial charge in [-0.05, 0) is 38.6 Å². The molecule has 1 unspecified atom stereocenters. The minimum absolute atomic E-state index is 0.320. The van der Waals surface area contributed by atoms with Crippen molar-refractivity contribution in [2.75, 3.05) is 13.2 Å². The van der Waals surface area contributed by atoms with Crippen molar-refractivity contribution in [1.82, 2.24) is 5.32 Å². The maximum Gasteiger partial charge on any atom is 0.0431 e. The molecule has 74 valence electrons. The second kappa shape index (κ2) is 7.56. The van der Waals surface area contributed by atoms with E-state index in [-0.39, 0.29) is 0 Å². The maximum atomic E-state index is 8.55. The van der Waals surface area contributed by atoms with Crippen molar-refractivity contribution in [3.05, 3.63) is 0 Å². The van der Waals surface area contributed by atoms with Gasteiger partial charge in [0.25, 0.3) is 0 Å². The van der Waals surface area contributed by atoms with E-state index in [1.165, 1.54) is 6.42 Å². The van der Waals surface area contributed by atoms with Crippen molar-refractivity contribution in [3.63, 3.8) is 0 Å². The zero-order valence-electron chi connectivity index (χ0n) is 8.64. The van der Waals surface area contributed by atoms with E-state index < -0.39 is 0 Å². The van der Waals surface area contributed by atoms with E-state index in [9.17, 15) is 0 Å². The summed E-state index contributed by atoms with van der Waals surface area (Å²) in [4.78, 5) is 0. The van der Waals surface area contributed by atoms with Gasteiger partial charge in [-0.3, -0.25) is 0 Å². The number of rotatable bonds is 7. The molecule has 0 amide bonds. The van der Waals surface area contributed by atoms with E-state index in [1.807, 2.05) is 0 Å². The lowest BCUT2D eigenvalue weighted by Gasteiger charge is -2.15. The van der Waals surface area contributed by atoms with Crippen LogP contribution in [0.5, 0.6) is 0 Å². The molecule has 0 aliphatic heterocycles. The topological polar surface area (TPSA) is 32.3 Å². The molecule has 0 rings (SSSR count). The average molecular weight is 173 g/mol. The van der Waals surface area contributed by atoms with Gasteiger partial charge < -0.3 is 10.4 Å².